The van der Waals surface area contributed by atoms with Crippen LogP contribution in [0, 0.1) is 5.92 Å². The second-order valence-corrected chi connectivity index (χ2v) is 5.55. The van der Waals surface area contributed by atoms with Gasteiger partial charge in [-0.15, -0.1) is 0 Å². The molecule has 106 valence electrons. The summed E-state index contributed by atoms with van der Waals surface area (Å²) in [6.45, 7) is 8.32. The van der Waals surface area contributed by atoms with Crippen LogP contribution in [0.2, 0.25) is 0 Å². The van der Waals surface area contributed by atoms with Gasteiger partial charge in [0.15, 0.2) is 0 Å². The molecule has 0 spiro atoms. The van der Waals surface area contributed by atoms with Crippen molar-refractivity contribution in [2.45, 2.75) is 38.3 Å². The minimum absolute atomic E-state index is 0.554. The van der Waals surface area contributed by atoms with Crippen molar-refractivity contribution in [1.29, 1.82) is 0 Å². The SMILES string of the molecule is CCNC1CCOCC1N1CCCC(COC)C1. The molecule has 3 unspecified atom stereocenters. The fraction of sp³-hybridized carbons (Fsp3) is 1.00. The lowest BCUT2D eigenvalue weighted by Gasteiger charge is -2.43. The third kappa shape index (κ3) is 3.67. The molecular formula is C14H28N2O2. The van der Waals surface area contributed by atoms with Crippen molar-refractivity contribution in [3.63, 3.8) is 0 Å². The van der Waals surface area contributed by atoms with Crippen molar-refractivity contribution in [2.24, 2.45) is 5.92 Å². The Morgan fingerprint density at radius 1 is 1.39 bits per heavy atom. The Balaban J connectivity index is 1.90. The number of rotatable bonds is 5. The van der Waals surface area contributed by atoms with Gasteiger partial charge in [0.25, 0.3) is 0 Å². The highest BCUT2D eigenvalue weighted by molar-refractivity contribution is 4.89. The van der Waals surface area contributed by atoms with Gasteiger partial charge in [-0.05, 0) is 38.3 Å². The van der Waals surface area contributed by atoms with Crippen molar-refractivity contribution < 1.29 is 9.47 Å². The lowest BCUT2D eigenvalue weighted by atomic mass is 9.94. The van der Waals surface area contributed by atoms with Crippen LogP contribution in [0.4, 0.5) is 0 Å². The van der Waals surface area contributed by atoms with Gasteiger partial charge < -0.3 is 14.8 Å². The van der Waals surface area contributed by atoms with Gasteiger partial charge in [0.05, 0.1) is 13.2 Å². The lowest BCUT2D eigenvalue weighted by Crippen LogP contribution is -2.57. The average molecular weight is 256 g/mol. The van der Waals surface area contributed by atoms with Crippen LogP contribution in [-0.2, 0) is 9.47 Å². The summed E-state index contributed by atoms with van der Waals surface area (Å²) in [4.78, 5) is 2.62. The van der Waals surface area contributed by atoms with E-state index in [0.29, 0.717) is 18.0 Å². The van der Waals surface area contributed by atoms with Crippen LogP contribution in [-0.4, -0.2) is 63.5 Å². The summed E-state index contributed by atoms with van der Waals surface area (Å²) < 4.78 is 11.0. The number of nitrogens with zero attached hydrogens (tertiary/aromatic N) is 1. The molecule has 2 heterocycles. The standard InChI is InChI=1S/C14H28N2O2/c1-3-15-13-6-8-18-11-14(13)16-7-4-5-12(9-16)10-17-2/h12-15H,3-11H2,1-2H3. The molecule has 0 radical (unpaired) electrons. The molecule has 0 bridgehead atoms. The van der Waals surface area contributed by atoms with Crippen LogP contribution < -0.4 is 5.32 Å². The van der Waals surface area contributed by atoms with E-state index in [0.717, 1.165) is 32.8 Å². The maximum atomic E-state index is 5.69. The normalized spacial score (nSPS) is 34.7. The molecule has 0 saturated carbocycles. The summed E-state index contributed by atoms with van der Waals surface area (Å²) in [7, 11) is 1.81. The second kappa shape index (κ2) is 7.43. The number of hydrogen-bond acceptors (Lipinski definition) is 4. The van der Waals surface area contributed by atoms with E-state index in [-0.39, 0.29) is 0 Å². The number of likely N-dealkylation sites (N-methyl/N-ethyl adjacent to an activating group) is 1. The van der Waals surface area contributed by atoms with E-state index in [1.165, 1.54) is 25.9 Å². The molecule has 0 amide bonds. The molecule has 4 nitrogen and oxygen atoms in total. The Morgan fingerprint density at radius 3 is 3.06 bits per heavy atom. The average Bonchev–Trinajstić information content (AvgIpc) is 2.40. The summed E-state index contributed by atoms with van der Waals surface area (Å²) in [6, 6.07) is 1.16. The third-order valence-electron chi connectivity index (χ3n) is 4.21. The summed E-state index contributed by atoms with van der Waals surface area (Å²) in [6.07, 6.45) is 3.75. The van der Waals surface area contributed by atoms with Crippen LogP contribution >= 0.6 is 0 Å². The minimum atomic E-state index is 0.554. The number of hydrogen-bond donors (Lipinski definition) is 1. The molecule has 2 fully saturated rings. The molecule has 1 N–H and O–H groups in total. The Labute approximate surface area is 111 Å². The molecule has 2 aliphatic heterocycles. The van der Waals surface area contributed by atoms with E-state index >= 15 is 0 Å². The Bertz CT molecular complexity index is 234. The van der Waals surface area contributed by atoms with E-state index < -0.39 is 0 Å². The van der Waals surface area contributed by atoms with E-state index in [2.05, 4.69) is 17.1 Å². The molecule has 3 atom stereocenters. The monoisotopic (exact) mass is 256 g/mol. The van der Waals surface area contributed by atoms with Gasteiger partial charge in [0.1, 0.15) is 0 Å². The van der Waals surface area contributed by atoms with Crippen molar-refractivity contribution >= 4 is 0 Å². The fourth-order valence-electron chi connectivity index (χ4n) is 3.35. The Kier molecular flexibility index (Phi) is 5.89. The molecule has 4 heteroatoms. The minimum Gasteiger partial charge on any atom is -0.384 e. The third-order valence-corrected chi connectivity index (χ3v) is 4.21. The second-order valence-electron chi connectivity index (χ2n) is 5.55. The number of piperidine rings is 1. The maximum Gasteiger partial charge on any atom is 0.0637 e. The zero-order valence-electron chi connectivity index (χ0n) is 11.9. The summed E-state index contributed by atoms with van der Waals surface area (Å²) >= 11 is 0. The van der Waals surface area contributed by atoms with E-state index in [4.69, 9.17) is 9.47 Å². The van der Waals surface area contributed by atoms with Crippen molar-refractivity contribution in [2.75, 3.05) is 46.6 Å². The van der Waals surface area contributed by atoms with Gasteiger partial charge >= 0.3 is 0 Å². The molecular weight excluding hydrogens is 228 g/mol. The quantitative estimate of drug-likeness (QED) is 0.799. The van der Waals surface area contributed by atoms with Gasteiger partial charge in [0, 0.05) is 32.3 Å². The molecule has 0 aromatic heterocycles. The molecule has 2 saturated heterocycles. The van der Waals surface area contributed by atoms with Crippen molar-refractivity contribution in [1.82, 2.24) is 10.2 Å². The highest BCUT2D eigenvalue weighted by Gasteiger charge is 2.33. The van der Waals surface area contributed by atoms with E-state index in [9.17, 15) is 0 Å². The number of likely N-dealkylation sites (tertiary alicyclic amines) is 1. The molecule has 2 rings (SSSR count). The Hall–Kier alpha value is -0.160. The predicted octanol–water partition coefficient (Wildman–Crippen LogP) is 1.11. The first-order valence-corrected chi connectivity index (χ1v) is 7.39. The summed E-state index contributed by atoms with van der Waals surface area (Å²) in [5.41, 5.74) is 0. The highest BCUT2D eigenvalue weighted by Crippen LogP contribution is 2.22. The molecule has 0 aliphatic carbocycles. The first kappa shape index (κ1) is 14.3. The summed E-state index contributed by atoms with van der Waals surface area (Å²) in [5, 5.41) is 3.63. The number of nitrogens with one attached hydrogen (secondary N) is 1. The van der Waals surface area contributed by atoms with Gasteiger partial charge in [-0.2, -0.15) is 0 Å². The van der Waals surface area contributed by atoms with Crippen LogP contribution in [0.25, 0.3) is 0 Å². The van der Waals surface area contributed by atoms with E-state index in [1.54, 1.807) is 0 Å². The van der Waals surface area contributed by atoms with Crippen molar-refractivity contribution in [3.05, 3.63) is 0 Å². The largest absolute Gasteiger partial charge is 0.384 e. The smallest absolute Gasteiger partial charge is 0.0637 e. The lowest BCUT2D eigenvalue weighted by molar-refractivity contribution is -0.0243. The first-order valence-electron chi connectivity index (χ1n) is 7.39. The van der Waals surface area contributed by atoms with Gasteiger partial charge in [-0.3, -0.25) is 4.90 Å². The fourth-order valence-corrected chi connectivity index (χ4v) is 3.35. The predicted molar refractivity (Wildman–Crippen MR) is 72.9 cm³/mol. The zero-order valence-corrected chi connectivity index (χ0v) is 11.9. The topological polar surface area (TPSA) is 33.7 Å². The zero-order chi connectivity index (χ0) is 12.8. The Morgan fingerprint density at radius 2 is 2.28 bits per heavy atom. The van der Waals surface area contributed by atoms with Crippen LogP contribution in [0.3, 0.4) is 0 Å². The number of ether oxygens (including phenoxy) is 2. The summed E-state index contributed by atoms with van der Waals surface area (Å²) in [5.74, 6) is 0.702. The number of methoxy groups -OCH3 is 1. The molecule has 18 heavy (non-hydrogen) atoms. The van der Waals surface area contributed by atoms with Gasteiger partial charge in [0.2, 0.25) is 0 Å². The van der Waals surface area contributed by atoms with Gasteiger partial charge in [-0.1, -0.05) is 6.92 Å². The molecule has 2 aliphatic rings. The van der Waals surface area contributed by atoms with Gasteiger partial charge in [-0.25, -0.2) is 0 Å². The van der Waals surface area contributed by atoms with E-state index in [1.807, 2.05) is 7.11 Å². The molecule has 0 aromatic rings. The molecule has 0 aromatic carbocycles. The van der Waals surface area contributed by atoms with Crippen LogP contribution in [0.5, 0.6) is 0 Å². The first-order chi connectivity index (χ1) is 8.85. The highest BCUT2D eigenvalue weighted by atomic mass is 16.5. The van der Waals surface area contributed by atoms with Crippen LogP contribution in [0.15, 0.2) is 0 Å². The van der Waals surface area contributed by atoms with Crippen LogP contribution in [0.1, 0.15) is 26.2 Å². The van der Waals surface area contributed by atoms with Crippen molar-refractivity contribution in [3.8, 4) is 0 Å². The maximum absolute atomic E-state index is 5.69.